The van der Waals surface area contributed by atoms with Crippen LogP contribution in [0.2, 0.25) is 0 Å². The molecular weight excluding hydrogens is 366 g/mol. The molecule has 0 aliphatic carbocycles. The number of carboxylic acid groups (broad SMARTS) is 1. The van der Waals surface area contributed by atoms with Crippen LogP contribution < -0.4 is 4.72 Å². The molecule has 0 radical (unpaired) electrons. The summed E-state index contributed by atoms with van der Waals surface area (Å²) in [6, 6.07) is 7.55. The average Bonchev–Trinajstić information content (AvgIpc) is 2.57. The van der Waals surface area contributed by atoms with E-state index in [1.807, 2.05) is 11.9 Å². The van der Waals surface area contributed by atoms with Gasteiger partial charge < -0.3 is 10.0 Å². The van der Waals surface area contributed by atoms with E-state index in [4.69, 9.17) is 0 Å². The Bertz CT molecular complexity index is 733. The molecule has 2 rings (SSSR count). The second-order valence-electron chi connectivity index (χ2n) is 6.31. The first-order valence-electron chi connectivity index (χ1n) is 7.69. The van der Waals surface area contributed by atoms with E-state index in [9.17, 15) is 23.2 Å². The molecule has 1 aromatic carbocycles. The zero-order valence-corrected chi connectivity index (χ0v) is 15.6. The first-order valence-corrected chi connectivity index (χ1v) is 9.94. The van der Waals surface area contributed by atoms with E-state index in [0.717, 1.165) is 0 Å². The Balaban J connectivity index is 2.46. The molecule has 1 aliphatic rings. The van der Waals surface area contributed by atoms with Gasteiger partial charge in [-0.3, -0.25) is 4.79 Å². The van der Waals surface area contributed by atoms with Crippen LogP contribution in [-0.4, -0.2) is 54.8 Å². The lowest BCUT2D eigenvalue weighted by Gasteiger charge is -2.47. The number of nitrogens with zero attached hydrogens (tertiary/aromatic N) is 2. The van der Waals surface area contributed by atoms with Gasteiger partial charge in [0.25, 0.3) is 0 Å². The van der Waals surface area contributed by atoms with Gasteiger partial charge in [0.05, 0.1) is 9.64 Å². The van der Waals surface area contributed by atoms with Crippen molar-refractivity contribution < 1.29 is 18.3 Å². The summed E-state index contributed by atoms with van der Waals surface area (Å²) in [5.41, 5.74) is -1.89. The number of piperidine rings is 1. The minimum atomic E-state index is -4.08. The van der Waals surface area contributed by atoms with Crippen molar-refractivity contribution in [3.05, 3.63) is 35.2 Å². The van der Waals surface area contributed by atoms with E-state index >= 15 is 0 Å². The summed E-state index contributed by atoms with van der Waals surface area (Å²) < 4.78 is 29.4. The molecule has 1 atom stereocenters. The van der Waals surface area contributed by atoms with Gasteiger partial charge in [-0.15, -0.1) is 4.91 Å². The summed E-state index contributed by atoms with van der Waals surface area (Å²) in [4.78, 5) is 25.1. The number of hydrogen-bond acceptors (Lipinski definition) is 7. The first-order chi connectivity index (χ1) is 11.7. The van der Waals surface area contributed by atoms with Crippen LogP contribution >= 0.6 is 11.9 Å². The van der Waals surface area contributed by atoms with Gasteiger partial charge in [0, 0.05) is 16.5 Å². The van der Waals surface area contributed by atoms with Crippen LogP contribution in [0.3, 0.4) is 0 Å². The molecule has 0 amide bonds. The third-order valence-corrected chi connectivity index (χ3v) is 7.55. The molecule has 1 unspecified atom stereocenters. The second-order valence-corrected chi connectivity index (χ2v) is 9.11. The second kappa shape index (κ2) is 7.40. The number of nitroso groups, excluding NO2 is 1. The van der Waals surface area contributed by atoms with Crippen molar-refractivity contribution in [1.29, 1.82) is 0 Å². The quantitative estimate of drug-likeness (QED) is 0.540. The highest BCUT2D eigenvalue weighted by Gasteiger charge is 2.57. The lowest BCUT2D eigenvalue weighted by molar-refractivity contribution is -0.145. The molecule has 10 heteroatoms. The highest BCUT2D eigenvalue weighted by atomic mass is 32.2. The van der Waals surface area contributed by atoms with E-state index in [2.05, 4.69) is 9.30 Å². The summed E-state index contributed by atoms with van der Waals surface area (Å²) in [5.74, 6) is -1.34. The zero-order valence-electron chi connectivity index (χ0n) is 14.0. The number of carboxylic acids is 1. The van der Waals surface area contributed by atoms with Gasteiger partial charge in [0.2, 0.25) is 10.0 Å². The van der Waals surface area contributed by atoms with Crippen LogP contribution in [0.5, 0.6) is 0 Å². The van der Waals surface area contributed by atoms with Gasteiger partial charge >= 0.3 is 5.97 Å². The van der Waals surface area contributed by atoms with Crippen molar-refractivity contribution in [2.75, 3.05) is 20.1 Å². The summed E-state index contributed by atoms with van der Waals surface area (Å²) in [5, 5.41) is 9.86. The van der Waals surface area contributed by atoms with Gasteiger partial charge in [0.1, 0.15) is 5.54 Å². The Morgan fingerprint density at radius 3 is 2.36 bits per heavy atom. The van der Waals surface area contributed by atoms with E-state index in [1.165, 1.54) is 19.1 Å². The summed E-state index contributed by atoms with van der Waals surface area (Å²) in [7, 11) is -2.20. The number of nitrogens with one attached hydrogen (secondary N) is 1. The molecular formula is C15H21N3O5S2. The van der Waals surface area contributed by atoms with Crippen LogP contribution in [0.15, 0.2) is 39.8 Å². The fourth-order valence-electron chi connectivity index (χ4n) is 2.99. The van der Waals surface area contributed by atoms with Crippen molar-refractivity contribution in [1.82, 2.24) is 9.62 Å². The van der Waals surface area contributed by atoms with Crippen LogP contribution in [-0.2, 0) is 14.8 Å². The van der Waals surface area contributed by atoms with Gasteiger partial charge in [-0.25, -0.2) is 8.42 Å². The molecule has 1 saturated heterocycles. The molecule has 0 bridgehead atoms. The Hall–Kier alpha value is -1.49. The van der Waals surface area contributed by atoms with Crippen LogP contribution in [0.4, 0.5) is 0 Å². The maximum Gasteiger partial charge on any atom is 0.326 e. The molecule has 1 aromatic rings. The molecule has 1 heterocycles. The van der Waals surface area contributed by atoms with Crippen LogP contribution in [0.1, 0.15) is 19.8 Å². The predicted octanol–water partition coefficient (Wildman–Crippen LogP) is 1.69. The molecule has 2 N–H and O–H groups in total. The van der Waals surface area contributed by atoms with Crippen molar-refractivity contribution in [2.45, 2.75) is 34.9 Å². The van der Waals surface area contributed by atoms with Crippen LogP contribution in [0, 0.1) is 4.91 Å². The average molecular weight is 387 g/mol. The van der Waals surface area contributed by atoms with Gasteiger partial charge in [-0.2, -0.15) is 4.72 Å². The maximum atomic E-state index is 12.7. The Morgan fingerprint density at radius 2 is 1.88 bits per heavy atom. The van der Waals surface area contributed by atoms with E-state index in [1.54, 1.807) is 18.2 Å². The fraction of sp³-hybridized carbons (Fsp3) is 0.533. The highest BCUT2D eigenvalue weighted by Crippen LogP contribution is 2.45. The number of likely N-dealkylation sites (tertiary alicyclic amines) is 1. The minimum absolute atomic E-state index is 0.0328. The first kappa shape index (κ1) is 19.8. The molecule has 8 nitrogen and oxygen atoms in total. The van der Waals surface area contributed by atoms with E-state index in [-0.39, 0.29) is 4.90 Å². The number of sulfonamides is 1. The number of benzene rings is 1. The number of aliphatic carboxylic acids is 1. The topological polar surface area (TPSA) is 116 Å². The summed E-state index contributed by atoms with van der Waals surface area (Å²) in [6.45, 7) is 2.39. The van der Waals surface area contributed by atoms with Gasteiger partial charge in [-0.05, 0) is 52.0 Å². The van der Waals surface area contributed by atoms with E-state index in [0.29, 0.717) is 37.9 Å². The normalized spacial score (nSPS) is 20.6. The highest BCUT2D eigenvalue weighted by molar-refractivity contribution is 7.99. The molecule has 0 saturated carbocycles. The number of carbonyl (C=O) groups is 1. The molecule has 0 spiro atoms. The Labute approximate surface area is 151 Å². The molecule has 1 fully saturated rings. The molecule has 25 heavy (non-hydrogen) atoms. The van der Waals surface area contributed by atoms with E-state index < -0.39 is 26.3 Å². The SMILES string of the molecule is CN1CCC(SN=O)(C(C)(NS(=O)(=O)c2ccccc2)C(=O)O)CC1. The summed E-state index contributed by atoms with van der Waals surface area (Å²) in [6.07, 6.45) is 0.639. The maximum absolute atomic E-state index is 12.7. The van der Waals surface area contributed by atoms with Gasteiger partial charge in [-0.1, -0.05) is 18.2 Å². The van der Waals surface area contributed by atoms with Crippen LogP contribution in [0.25, 0.3) is 0 Å². The zero-order chi connectivity index (χ0) is 18.7. The van der Waals surface area contributed by atoms with Crippen molar-refractivity contribution >= 4 is 27.9 Å². The molecule has 0 aromatic heterocycles. The third kappa shape index (κ3) is 3.86. The Morgan fingerprint density at radius 1 is 1.32 bits per heavy atom. The van der Waals surface area contributed by atoms with Crippen molar-refractivity contribution in [3.8, 4) is 0 Å². The summed E-state index contributed by atoms with van der Waals surface area (Å²) >= 11 is 0.608. The Kier molecular flexibility index (Phi) is 5.87. The minimum Gasteiger partial charge on any atom is -0.480 e. The lowest BCUT2D eigenvalue weighted by atomic mass is 9.78. The monoisotopic (exact) mass is 387 g/mol. The number of rotatable bonds is 7. The largest absolute Gasteiger partial charge is 0.480 e. The smallest absolute Gasteiger partial charge is 0.326 e. The molecule has 1 aliphatic heterocycles. The van der Waals surface area contributed by atoms with Crippen molar-refractivity contribution in [3.63, 3.8) is 0 Å². The predicted molar refractivity (Wildman–Crippen MR) is 95.7 cm³/mol. The lowest BCUT2D eigenvalue weighted by Crippen LogP contribution is -2.67. The molecule has 138 valence electrons. The van der Waals surface area contributed by atoms with Crippen molar-refractivity contribution in [2.24, 2.45) is 4.58 Å². The number of hydrogen-bond donors (Lipinski definition) is 2. The third-order valence-electron chi connectivity index (χ3n) is 4.74. The van der Waals surface area contributed by atoms with Gasteiger partial charge in [0.15, 0.2) is 0 Å². The standard InChI is InChI=1S/C15H21N3O5S2/c1-14(13(19)20,15(24-17-21)8-10-18(2)11-9-15)16-25(22,23)12-6-4-3-5-7-12/h3-7,16H,8-11H2,1-2H3,(H,19,20). The fourth-order valence-corrected chi connectivity index (χ4v) is 5.34.